The average Bonchev–Trinajstić information content (AvgIpc) is 3.43. The third-order valence-corrected chi connectivity index (χ3v) is 6.33. The number of anilines is 1. The minimum absolute atomic E-state index is 0.113. The second kappa shape index (κ2) is 16.7. The highest BCUT2D eigenvalue weighted by atomic mass is 16.6. The lowest BCUT2D eigenvalue weighted by atomic mass is 10.0. The van der Waals surface area contributed by atoms with Crippen molar-refractivity contribution in [1.29, 1.82) is 0 Å². The van der Waals surface area contributed by atoms with Crippen molar-refractivity contribution in [2.75, 3.05) is 26.2 Å². The molecular weight excluding hydrogens is 422 g/mol. The first-order valence-electron chi connectivity index (χ1n) is 12.8. The van der Waals surface area contributed by atoms with Crippen LogP contribution in [0.4, 0.5) is 5.69 Å². The van der Waals surface area contributed by atoms with Gasteiger partial charge in [-0.3, -0.25) is 4.79 Å². The second-order valence-corrected chi connectivity index (χ2v) is 9.42. The number of epoxide rings is 1. The lowest BCUT2D eigenvalue weighted by Crippen LogP contribution is -2.28. The molecule has 194 valence electrons. The first-order chi connectivity index (χ1) is 16.1. The largest absolute Gasteiger partial charge is 0.388 e. The molecule has 1 aromatic rings. The number of aryl methyl sites for hydroxylation is 1. The number of ether oxygens (including phenoxy) is 2. The summed E-state index contributed by atoms with van der Waals surface area (Å²) in [4.78, 5) is 14.5. The van der Waals surface area contributed by atoms with Crippen molar-refractivity contribution in [1.82, 2.24) is 0 Å². The number of allylic oxidation sites excluding steroid dienone is 4. The van der Waals surface area contributed by atoms with Crippen molar-refractivity contribution in [2.24, 2.45) is 5.92 Å². The molecule has 0 aromatic heterocycles. The molecule has 3 atom stereocenters. The first kappa shape index (κ1) is 32.1. The van der Waals surface area contributed by atoms with Crippen LogP contribution in [0.15, 0.2) is 42.0 Å². The summed E-state index contributed by atoms with van der Waals surface area (Å²) >= 11 is 0. The summed E-state index contributed by atoms with van der Waals surface area (Å²) in [5.74, 6) is 0.888. The number of rotatable bonds is 10. The summed E-state index contributed by atoms with van der Waals surface area (Å²) in [6.07, 6.45) is 11.4. The van der Waals surface area contributed by atoms with Gasteiger partial charge in [0.15, 0.2) is 0 Å². The van der Waals surface area contributed by atoms with Gasteiger partial charge in [0.2, 0.25) is 5.91 Å². The average molecular weight is 474 g/mol. The third-order valence-electron chi connectivity index (χ3n) is 6.33. The van der Waals surface area contributed by atoms with E-state index in [1.165, 1.54) is 17.6 Å². The van der Waals surface area contributed by atoms with Crippen LogP contribution < -0.4 is 4.90 Å². The molecule has 2 rings (SSSR count). The highest BCUT2D eigenvalue weighted by Crippen LogP contribution is 2.40. The van der Waals surface area contributed by atoms with Gasteiger partial charge in [-0.25, -0.2) is 0 Å². The molecule has 34 heavy (non-hydrogen) atoms. The molecule has 0 N–H and O–H groups in total. The third kappa shape index (κ3) is 11.5. The van der Waals surface area contributed by atoms with Crippen molar-refractivity contribution in [2.45, 2.75) is 99.2 Å². The summed E-state index contributed by atoms with van der Waals surface area (Å²) in [5.41, 5.74) is 4.57. The van der Waals surface area contributed by atoms with Gasteiger partial charge in [-0.2, -0.15) is 0 Å². The molecule has 0 bridgehead atoms. The normalized spacial score (nSPS) is 20.1. The quantitative estimate of drug-likeness (QED) is 0.258. The fourth-order valence-electron chi connectivity index (χ4n) is 3.51. The van der Waals surface area contributed by atoms with Crippen molar-refractivity contribution >= 4 is 11.6 Å². The highest BCUT2D eigenvalue weighted by molar-refractivity contribution is 5.93. The van der Waals surface area contributed by atoms with Crippen LogP contribution in [0, 0.1) is 12.8 Å². The van der Waals surface area contributed by atoms with Crippen LogP contribution in [0.2, 0.25) is 0 Å². The monoisotopic (exact) mass is 473 g/mol. The molecule has 0 radical (unpaired) electrons. The van der Waals surface area contributed by atoms with Crippen LogP contribution in [0.5, 0.6) is 0 Å². The van der Waals surface area contributed by atoms with Crippen molar-refractivity contribution in [3.8, 4) is 0 Å². The van der Waals surface area contributed by atoms with Crippen LogP contribution in [0.1, 0.15) is 85.3 Å². The number of hydrogen-bond donors (Lipinski definition) is 0. The zero-order valence-electron chi connectivity index (χ0n) is 23.8. The summed E-state index contributed by atoms with van der Waals surface area (Å²) in [7, 11) is 5.13. The van der Waals surface area contributed by atoms with Gasteiger partial charge in [-0.15, -0.1) is 0 Å². The lowest BCUT2D eigenvalue weighted by Gasteiger charge is -2.21. The molecule has 0 saturated carbocycles. The summed E-state index contributed by atoms with van der Waals surface area (Å²) in [5, 5.41) is 0. The molecular formula is C30H51NO3. The Balaban J connectivity index is 0.00000201. The zero-order valence-corrected chi connectivity index (χ0v) is 23.8. The van der Waals surface area contributed by atoms with E-state index in [4.69, 9.17) is 4.74 Å². The molecule has 1 aliphatic heterocycles. The Hall–Kier alpha value is -1.91. The minimum atomic E-state index is -0.113. The highest BCUT2D eigenvalue weighted by Gasteiger charge is 2.48. The number of amides is 1. The smallest absolute Gasteiger partial charge is 0.226 e. The molecule has 1 saturated heterocycles. The molecule has 4 nitrogen and oxygen atoms in total. The Morgan fingerprint density at radius 2 is 1.88 bits per heavy atom. The van der Waals surface area contributed by atoms with E-state index in [0.717, 1.165) is 36.4 Å². The number of carbonyl (C=O) groups is 1. The zero-order chi connectivity index (χ0) is 26.3. The number of benzene rings is 1. The van der Waals surface area contributed by atoms with Gasteiger partial charge in [-0.1, -0.05) is 70.0 Å². The van der Waals surface area contributed by atoms with E-state index in [1.54, 1.807) is 19.1 Å². The maximum absolute atomic E-state index is 12.7. The fourth-order valence-corrected chi connectivity index (χ4v) is 3.51. The van der Waals surface area contributed by atoms with Crippen LogP contribution in [-0.4, -0.2) is 38.9 Å². The number of methoxy groups -OCH3 is 1. The van der Waals surface area contributed by atoms with E-state index in [9.17, 15) is 4.79 Å². The van der Waals surface area contributed by atoms with Gasteiger partial charge in [0, 0.05) is 33.4 Å². The Bertz CT molecular complexity index is 783. The van der Waals surface area contributed by atoms with E-state index in [1.807, 2.05) is 20.9 Å². The van der Waals surface area contributed by atoms with Crippen molar-refractivity contribution in [3.05, 3.63) is 53.1 Å². The number of carbonyl (C=O) groups excluding carboxylic acids is 1. The second-order valence-electron chi connectivity index (χ2n) is 9.42. The number of nitrogens with zero attached hydrogens (tertiary/aromatic N) is 1. The van der Waals surface area contributed by atoms with Gasteiger partial charge in [0.25, 0.3) is 0 Å². The first-order valence-corrected chi connectivity index (χ1v) is 12.8. The maximum Gasteiger partial charge on any atom is 0.226 e. The Morgan fingerprint density at radius 3 is 2.41 bits per heavy atom. The van der Waals surface area contributed by atoms with Crippen molar-refractivity contribution in [3.63, 3.8) is 0 Å². The van der Waals surface area contributed by atoms with E-state index >= 15 is 0 Å². The minimum Gasteiger partial charge on any atom is -0.388 e. The molecule has 4 heteroatoms. The number of hydrogen-bond acceptors (Lipinski definition) is 3. The summed E-state index contributed by atoms with van der Waals surface area (Å²) in [6.45, 7) is 16.9. The van der Waals surface area contributed by atoms with Crippen molar-refractivity contribution < 1.29 is 14.3 Å². The lowest BCUT2D eigenvalue weighted by molar-refractivity contribution is -0.118. The standard InChI is InChI=1S/C26H39NO2.C2H6O.C2H6/c1-8-19(2)11-9-10-12-20(3)17-23-14-13-21(4)24(18-23)27(7)25(28)15-16-26(6)22(5)29-26;1-3-2;1-2/h9-10,12-14,18-19,22H,8,11,15-17H2,1-7H3;1-2H3;1-2H3/b10-9+,20-12+;;. The van der Waals surface area contributed by atoms with Crippen LogP contribution in [-0.2, 0) is 20.7 Å². The van der Waals surface area contributed by atoms with Crippen LogP contribution in [0.3, 0.4) is 0 Å². The summed E-state index contributed by atoms with van der Waals surface area (Å²) < 4.78 is 9.85. The van der Waals surface area contributed by atoms with Gasteiger partial charge in [0.1, 0.15) is 0 Å². The SMILES string of the molecule is CC.CCC(C)C/C=C/C=C(\C)Cc1ccc(C)c(N(C)C(=O)CCC2(C)OC2C)c1.COC. The molecule has 1 aliphatic rings. The van der Waals surface area contributed by atoms with E-state index in [0.29, 0.717) is 6.42 Å². The van der Waals surface area contributed by atoms with Crippen LogP contribution >= 0.6 is 0 Å². The topological polar surface area (TPSA) is 42.1 Å². The molecule has 1 fully saturated rings. The fraction of sp³-hybridized carbons (Fsp3) is 0.633. The Morgan fingerprint density at radius 1 is 1.29 bits per heavy atom. The van der Waals surface area contributed by atoms with Gasteiger partial charge in [-0.05, 0) is 70.1 Å². The van der Waals surface area contributed by atoms with Crippen LogP contribution in [0.25, 0.3) is 0 Å². The molecule has 0 spiro atoms. The Labute approximate surface area is 210 Å². The molecule has 1 heterocycles. The molecule has 0 aliphatic carbocycles. The molecule has 3 unspecified atom stereocenters. The Kier molecular flexibility index (Phi) is 15.7. The molecule has 1 aromatic carbocycles. The van der Waals surface area contributed by atoms with Gasteiger partial charge in [0.05, 0.1) is 11.7 Å². The summed E-state index contributed by atoms with van der Waals surface area (Å²) in [6, 6.07) is 6.44. The molecule has 1 amide bonds. The maximum atomic E-state index is 12.7. The predicted molar refractivity (Wildman–Crippen MR) is 148 cm³/mol. The van der Waals surface area contributed by atoms with Gasteiger partial charge >= 0.3 is 0 Å². The van der Waals surface area contributed by atoms with Gasteiger partial charge < -0.3 is 14.4 Å². The predicted octanol–water partition coefficient (Wildman–Crippen LogP) is 7.69. The van der Waals surface area contributed by atoms with E-state index in [-0.39, 0.29) is 17.6 Å². The van der Waals surface area contributed by atoms with E-state index < -0.39 is 0 Å². The van der Waals surface area contributed by atoms with E-state index in [2.05, 4.69) is 82.7 Å².